The number of sulfone groups is 1. The Kier molecular flexibility index (Phi) is 4.47. The fraction of sp³-hybridized carbons (Fsp3) is 0.692. The van der Waals surface area contributed by atoms with Crippen molar-refractivity contribution in [2.75, 3.05) is 35.3 Å². The highest BCUT2D eigenvalue weighted by atomic mass is 32.2. The summed E-state index contributed by atoms with van der Waals surface area (Å²) in [6.45, 7) is 5.05. The molecule has 20 heavy (non-hydrogen) atoms. The highest BCUT2D eigenvalue weighted by Gasteiger charge is 2.31. The van der Waals surface area contributed by atoms with Crippen LogP contribution in [0.15, 0.2) is 12.3 Å². The molecule has 7 heteroatoms. The predicted molar refractivity (Wildman–Crippen MR) is 80.8 cm³/mol. The average molecular weight is 298 g/mol. The lowest BCUT2D eigenvalue weighted by molar-refractivity contribution is 0.600. The van der Waals surface area contributed by atoms with Crippen LogP contribution in [0.2, 0.25) is 0 Å². The van der Waals surface area contributed by atoms with Crippen LogP contribution in [-0.4, -0.2) is 49.5 Å². The second kappa shape index (κ2) is 5.95. The molecular formula is C13H22N4O2S. The minimum absolute atomic E-state index is 0.00727. The van der Waals surface area contributed by atoms with Crippen LogP contribution < -0.4 is 10.2 Å². The van der Waals surface area contributed by atoms with E-state index in [1.165, 1.54) is 0 Å². The Morgan fingerprint density at radius 3 is 2.85 bits per heavy atom. The molecule has 1 N–H and O–H groups in total. The maximum absolute atomic E-state index is 11.5. The van der Waals surface area contributed by atoms with Gasteiger partial charge in [-0.2, -0.15) is 4.98 Å². The maximum atomic E-state index is 11.5. The van der Waals surface area contributed by atoms with Crippen LogP contribution in [0.25, 0.3) is 0 Å². The molecule has 0 aliphatic carbocycles. The van der Waals surface area contributed by atoms with Crippen LogP contribution >= 0.6 is 0 Å². The first kappa shape index (κ1) is 15.0. The third kappa shape index (κ3) is 3.82. The summed E-state index contributed by atoms with van der Waals surface area (Å²) >= 11 is 0. The van der Waals surface area contributed by atoms with Crippen molar-refractivity contribution in [3.63, 3.8) is 0 Å². The molecule has 0 aromatic carbocycles. The summed E-state index contributed by atoms with van der Waals surface area (Å²) in [7, 11) is -0.992. The number of rotatable bonds is 5. The van der Waals surface area contributed by atoms with Crippen molar-refractivity contribution < 1.29 is 8.42 Å². The quantitative estimate of drug-likeness (QED) is 0.879. The molecule has 1 aromatic rings. The molecule has 6 nitrogen and oxygen atoms in total. The number of hydrogen-bond acceptors (Lipinski definition) is 6. The SMILES string of the molecule is CC(C)CNc1nccc(N(C)C2CCS(=O)(=O)C2)n1. The van der Waals surface area contributed by atoms with E-state index < -0.39 is 9.84 Å². The van der Waals surface area contributed by atoms with Gasteiger partial charge in [0.2, 0.25) is 5.95 Å². The smallest absolute Gasteiger partial charge is 0.224 e. The van der Waals surface area contributed by atoms with E-state index in [-0.39, 0.29) is 17.5 Å². The van der Waals surface area contributed by atoms with Crippen LogP contribution in [-0.2, 0) is 9.84 Å². The zero-order valence-corrected chi connectivity index (χ0v) is 13.0. The van der Waals surface area contributed by atoms with E-state index in [0.29, 0.717) is 18.3 Å². The van der Waals surface area contributed by atoms with Crippen LogP contribution in [0.4, 0.5) is 11.8 Å². The summed E-state index contributed by atoms with van der Waals surface area (Å²) < 4.78 is 23.1. The zero-order valence-electron chi connectivity index (χ0n) is 12.2. The number of anilines is 2. The van der Waals surface area contributed by atoms with Gasteiger partial charge in [-0.1, -0.05) is 13.8 Å². The molecule has 2 heterocycles. The van der Waals surface area contributed by atoms with Gasteiger partial charge in [0, 0.05) is 25.8 Å². The average Bonchev–Trinajstić information content (AvgIpc) is 2.76. The van der Waals surface area contributed by atoms with Gasteiger partial charge in [-0.15, -0.1) is 0 Å². The van der Waals surface area contributed by atoms with Crippen molar-refractivity contribution in [2.24, 2.45) is 5.92 Å². The molecule has 1 aliphatic heterocycles. The number of nitrogens with one attached hydrogen (secondary N) is 1. The van der Waals surface area contributed by atoms with Crippen LogP contribution in [0.5, 0.6) is 0 Å². The Balaban J connectivity index is 2.06. The van der Waals surface area contributed by atoms with Crippen LogP contribution in [0.1, 0.15) is 20.3 Å². The van der Waals surface area contributed by atoms with Gasteiger partial charge in [0.1, 0.15) is 5.82 Å². The lowest BCUT2D eigenvalue weighted by Crippen LogP contribution is -2.33. The minimum Gasteiger partial charge on any atom is -0.355 e. The molecule has 2 rings (SSSR count). The standard InChI is InChI=1S/C13H22N4O2S/c1-10(2)8-15-13-14-6-4-12(16-13)17(3)11-5-7-20(18,19)9-11/h4,6,10-11H,5,7-9H2,1-3H3,(H,14,15,16). The fourth-order valence-corrected chi connectivity index (χ4v) is 3.97. The van der Waals surface area contributed by atoms with Gasteiger partial charge in [-0.25, -0.2) is 13.4 Å². The molecular weight excluding hydrogens is 276 g/mol. The van der Waals surface area contributed by atoms with Crippen molar-refractivity contribution in [1.82, 2.24) is 9.97 Å². The first-order valence-corrected chi connectivity index (χ1v) is 8.70. The summed E-state index contributed by atoms with van der Waals surface area (Å²) in [4.78, 5) is 10.6. The van der Waals surface area contributed by atoms with Crippen molar-refractivity contribution >= 4 is 21.6 Å². The topological polar surface area (TPSA) is 75.2 Å². The predicted octanol–water partition coefficient (Wildman–Crippen LogP) is 1.17. The van der Waals surface area contributed by atoms with Gasteiger partial charge in [-0.3, -0.25) is 0 Å². The summed E-state index contributed by atoms with van der Waals surface area (Å²) in [5.74, 6) is 2.34. The molecule has 1 atom stereocenters. The molecule has 1 fully saturated rings. The van der Waals surface area contributed by atoms with E-state index >= 15 is 0 Å². The van der Waals surface area contributed by atoms with Crippen molar-refractivity contribution in [2.45, 2.75) is 26.3 Å². The number of nitrogens with zero attached hydrogens (tertiary/aromatic N) is 3. The van der Waals surface area contributed by atoms with Gasteiger partial charge in [0.05, 0.1) is 11.5 Å². The van der Waals surface area contributed by atoms with Crippen molar-refractivity contribution in [3.8, 4) is 0 Å². The van der Waals surface area contributed by atoms with E-state index in [9.17, 15) is 8.42 Å². The Morgan fingerprint density at radius 1 is 1.50 bits per heavy atom. The number of hydrogen-bond donors (Lipinski definition) is 1. The molecule has 1 unspecified atom stereocenters. The van der Waals surface area contributed by atoms with E-state index in [0.717, 1.165) is 12.4 Å². The molecule has 0 spiro atoms. The molecule has 0 amide bonds. The first-order valence-electron chi connectivity index (χ1n) is 6.87. The Hall–Kier alpha value is -1.37. The molecule has 112 valence electrons. The third-order valence-electron chi connectivity index (χ3n) is 3.43. The van der Waals surface area contributed by atoms with Gasteiger partial charge >= 0.3 is 0 Å². The van der Waals surface area contributed by atoms with Gasteiger partial charge in [0.25, 0.3) is 0 Å². The normalized spacial score (nSPS) is 21.1. The lowest BCUT2D eigenvalue weighted by Gasteiger charge is -2.24. The summed E-state index contributed by atoms with van der Waals surface area (Å²) in [5.41, 5.74) is 0. The molecule has 1 saturated heterocycles. The van der Waals surface area contributed by atoms with Gasteiger partial charge in [0.15, 0.2) is 9.84 Å². The lowest BCUT2D eigenvalue weighted by atomic mass is 10.2. The highest BCUT2D eigenvalue weighted by Crippen LogP contribution is 2.21. The monoisotopic (exact) mass is 298 g/mol. The second-order valence-electron chi connectivity index (χ2n) is 5.68. The maximum Gasteiger partial charge on any atom is 0.224 e. The minimum atomic E-state index is -2.88. The second-order valence-corrected chi connectivity index (χ2v) is 7.91. The highest BCUT2D eigenvalue weighted by molar-refractivity contribution is 7.91. The molecule has 0 radical (unpaired) electrons. The fourth-order valence-electron chi connectivity index (χ4n) is 2.19. The summed E-state index contributed by atoms with van der Waals surface area (Å²) in [6, 6.07) is 1.82. The molecule has 1 aliphatic rings. The van der Waals surface area contributed by atoms with Crippen molar-refractivity contribution in [3.05, 3.63) is 12.3 Å². The number of aromatic nitrogens is 2. The molecule has 0 saturated carbocycles. The van der Waals surface area contributed by atoms with Gasteiger partial charge < -0.3 is 10.2 Å². The molecule has 1 aromatic heterocycles. The third-order valence-corrected chi connectivity index (χ3v) is 5.18. The van der Waals surface area contributed by atoms with Crippen LogP contribution in [0.3, 0.4) is 0 Å². The van der Waals surface area contributed by atoms with Gasteiger partial charge in [-0.05, 0) is 18.4 Å². The molecule has 0 bridgehead atoms. The van der Waals surface area contributed by atoms with E-state index in [2.05, 4.69) is 29.1 Å². The van der Waals surface area contributed by atoms with Crippen LogP contribution in [0, 0.1) is 5.92 Å². The van der Waals surface area contributed by atoms with E-state index in [1.54, 1.807) is 6.20 Å². The Morgan fingerprint density at radius 2 is 2.25 bits per heavy atom. The largest absolute Gasteiger partial charge is 0.355 e. The van der Waals surface area contributed by atoms with Crippen molar-refractivity contribution in [1.29, 1.82) is 0 Å². The Labute approximate surface area is 120 Å². The summed E-state index contributed by atoms with van der Waals surface area (Å²) in [6.07, 6.45) is 2.36. The van der Waals surface area contributed by atoms with E-state index in [1.807, 2.05) is 18.0 Å². The van der Waals surface area contributed by atoms with E-state index in [4.69, 9.17) is 0 Å². The first-order chi connectivity index (χ1) is 9.37. The summed E-state index contributed by atoms with van der Waals surface area (Å²) in [5, 5.41) is 3.18. The Bertz CT molecular complexity index is 559. The zero-order chi connectivity index (χ0) is 14.8.